The molecule has 0 bridgehead atoms. The predicted octanol–water partition coefficient (Wildman–Crippen LogP) is 1.02. The minimum Gasteiger partial charge on any atom is -0.462 e. The Bertz CT molecular complexity index is 167. The Morgan fingerprint density at radius 1 is 1.80 bits per heavy atom. The highest BCUT2D eigenvalue weighted by molar-refractivity contribution is 5.38. The summed E-state index contributed by atoms with van der Waals surface area (Å²) in [7, 11) is 0. The molecule has 0 heterocycles. The maximum absolute atomic E-state index is 9.67. The molecule has 0 aliphatic carbocycles. The number of hydrogen-bond acceptors (Lipinski definition) is 3. The number of carbonyl (C=O) groups excluding carboxylic acids is 1. The minimum absolute atomic E-state index is 0.0911. The minimum atomic E-state index is 0.0911. The zero-order valence-corrected chi connectivity index (χ0v) is 5.83. The summed E-state index contributed by atoms with van der Waals surface area (Å²) < 4.78 is 4.37. The van der Waals surface area contributed by atoms with Crippen LogP contribution in [0.4, 0.5) is 0 Å². The molecule has 0 unspecified atom stereocenters. The number of hydrogen-bond donors (Lipinski definition) is 0. The van der Waals surface area contributed by atoms with Crippen LogP contribution in [0.25, 0.3) is 0 Å². The van der Waals surface area contributed by atoms with Gasteiger partial charge in [-0.15, -0.1) is 0 Å². The second kappa shape index (κ2) is 5.83. The van der Waals surface area contributed by atoms with Gasteiger partial charge in [-0.2, -0.15) is 5.26 Å². The number of ether oxygens (including phenoxy) is 1. The van der Waals surface area contributed by atoms with Crippen molar-refractivity contribution in [2.24, 2.45) is 0 Å². The summed E-state index contributed by atoms with van der Waals surface area (Å²) in [5.41, 5.74) is 0.495. The van der Waals surface area contributed by atoms with Gasteiger partial charge in [0.25, 0.3) is 6.47 Å². The van der Waals surface area contributed by atoms with E-state index in [-0.39, 0.29) is 6.61 Å². The topological polar surface area (TPSA) is 50.1 Å². The highest BCUT2D eigenvalue weighted by atomic mass is 16.5. The third-order valence-electron chi connectivity index (χ3n) is 0.901. The van der Waals surface area contributed by atoms with Crippen LogP contribution in [0.2, 0.25) is 0 Å². The maximum Gasteiger partial charge on any atom is 0.293 e. The molecule has 0 amide bonds. The van der Waals surface area contributed by atoms with Gasteiger partial charge in [-0.1, -0.05) is 13.0 Å². The fourth-order valence-corrected chi connectivity index (χ4v) is 0.507. The molecule has 0 atom stereocenters. The lowest BCUT2D eigenvalue weighted by Crippen LogP contribution is -1.93. The van der Waals surface area contributed by atoms with Gasteiger partial charge in [0.1, 0.15) is 6.61 Å². The lowest BCUT2D eigenvalue weighted by Gasteiger charge is -1.93. The molecule has 0 spiro atoms. The molecule has 0 aromatic carbocycles. The zero-order valence-electron chi connectivity index (χ0n) is 5.83. The van der Waals surface area contributed by atoms with Crippen LogP contribution >= 0.6 is 0 Å². The molecule has 0 aromatic rings. The Balaban J connectivity index is 3.74. The zero-order chi connectivity index (χ0) is 7.82. The Kier molecular flexibility index (Phi) is 5.07. The van der Waals surface area contributed by atoms with Crippen molar-refractivity contribution in [2.45, 2.75) is 13.3 Å². The van der Waals surface area contributed by atoms with Crippen LogP contribution < -0.4 is 0 Å². The molecule has 0 aliphatic heterocycles. The van der Waals surface area contributed by atoms with Gasteiger partial charge in [0.2, 0.25) is 0 Å². The standard InChI is InChI=1S/C7H9NO2/c1-2-3-7(4-8)5-10-6-9/h3,6H,2,5H2,1H3/b7-3+. The van der Waals surface area contributed by atoms with Gasteiger partial charge in [-0.3, -0.25) is 4.79 Å². The number of nitriles is 1. The Morgan fingerprint density at radius 2 is 2.50 bits per heavy atom. The first kappa shape index (κ1) is 8.70. The molecule has 0 N–H and O–H groups in total. The van der Waals surface area contributed by atoms with Gasteiger partial charge >= 0.3 is 0 Å². The molecule has 0 saturated heterocycles. The number of nitrogens with zero attached hydrogens (tertiary/aromatic N) is 1. The van der Waals surface area contributed by atoms with Gasteiger partial charge in [0.05, 0.1) is 11.6 Å². The first-order valence-corrected chi connectivity index (χ1v) is 2.99. The molecule has 3 nitrogen and oxygen atoms in total. The first-order chi connectivity index (χ1) is 4.85. The van der Waals surface area contributed by atoms with Gasteiger partial charge in [-0.25, -0.2) is 0 Å². The largest absolute Gasteiger partial charge is 0.462 e. The molecule has 0 aliphatic rings. The third kappa shape index (κ3) is 3.67. The normalized spacial score (nSPS) is 10.2. The van der Waals surface area contributed by atoms with E-state index >= 15 is 0 Å². The van der Waals surface area contributed by atoms with E-state index in [1.807, 2.05) is 13.0 Å². The van der Waals surface area contributed by atoms with E-state index in [1.165, 1.54) is 0 Å². The Morgan fingerprint density at radius 3 is 2.90 bits per heavy atom. The molecule has 3 heteroatoms. The Labute approximate surface area is 59.9 Å². The van der Waals surface area contributed by atoms with E-state index in [1.54, 1.807) is 6.08 Å². The summed E-state index contributed by atoms with van der Waals surface area (Å²) in [5.74, 6) is 0. The molecule has 0 aromatic heterocycles. The van der Waals surface area contributed by atoms with Crippen LogP contribution in [-0.2, 0) is 9.53 Å². The monoisotopic (exact) mass is 139 g/mol. The molecule has 0 rings (SSSR count). The van der Waals surface area contributed by atoms with Crippen LogP contribution in [-0.4, -0.2) is 13.1 Å². The average molecular weight is 139 g/mol. The second-order valence-electron chi connectivity index (χ2n) is 1.66. The van der Waals surface area contributed by atoms with Crippen molar-refractivity contribution in [3.05, 3.63) is 11.6 Å². The van der Waals surface area contributed by atoms with Crippen LogP contribution in [0.15, 0.2) is 11.6 Å². The molecule has 0 saturated carbocycles. The van der Waals surface area contributed by atoms with E-state index in [0.717, 1.165) is 6.42 Å². The number of rotatable bonds is 4. The maximum atomic E-state index is 9.67. The first-order valence-electron chi connectivity index (χ1n) is 2.99. The number of carbonyl (C=O) groups is 1. The van der Waals surface area contributed by atoms with Crippen molar-refractivity contribution < 1.29 is 9.53 Å². The van der Waals surface area contributed by atoms with E-state index in [0.29, 0.717) is 12.0 Å². The summed E-state index contributed by atoms with van der Waals surface area (Å²) in [6, 6.07) is 1.92. The molecular weight excluding hydrogens is 130 g/mol. The molecular formula is C7H9NO2. The molecule has 10 heavy (non-hydrogen) atoms. The van der Waals surface area contributed by atoms with Crippen molar-refractivity contribution in [1.82, 2.24) is 0 Å². The average Bonchev–Trinajstić information content (AvgIpc) is 1.98. The fraction of sp³-hybridized carbons (Fsp3) is 0.429. The van der Waals surface area contributed by atoms with Crippen molar-refractivity contribution in [2.75, 3.05) is 6.61 Å². The summed E-state index contributed by atoms with van der Waals surface area (Å²) in [4.78, 5) is 9.67. The lowest BCUT2D eigenvalue weighted by molar-refractivity contribution is -0.127. The SMILES string of the molecule is CC/C=C(\C#N)COC=O. The van der Waals surface area contributed by atoms with E-state index < -0.39 is 0 Å². The van der Waals surface area contributed by atoms with Crippen LogP contribution in [0.1, 0.15) is 13.3 Å². The number of allylic oxidation sites excluding steroid dienone is 1. The second-order valence-corrected chi connectivity index (χ2v) is 1.66. The summed E-state index contributed by atoms with van der Waals surface area (Å²) in [5, 5.41) is 8.37. The molecule has 0 radical (unpaired) electrons. The van der Waals surface area contributed by atoms with E-state index in [9.17, 15) is 4.79 Å². The quantitative estimate of drug-likeness (QED) is 0.431. The molecule has 54 valence electrons. The third-order valence-corrected chi connectivity index (χ3v) is 0.901. The van der Waals surface area contributed by atoms with Crippen molar-refractivity contribution in [3.8, 4) is 6.07 Å². The smallest absolute Gasteiger partial charge is 0.293 e. The summed E-state index contributed by atoms with van der Waals surface area (Å²) in [6.45, 7) is 2.34. The lowest BCUT2D eigenvalue weighted by atomic mass is 10.2. The highest BCUT2D eigenvalue weighted by Gasteiger charge is 1.91. The van der Waals surface area contributed by atoms with Crippen molar-refractivity contribution >= 4 is 6.47 Å². The van der Waals surface area contributed by atoms with Crippen LogP contribution in [0, 0.1) is 11.3 Å². The van der Waals surface area contributed by atoms with Gasteiger partial charge < -0.3 is 4.74 Å². The van der Waals surface area contributed by atoms with Gasteiger partial charge in [-0.05, 0) is 6.42 Å². The predicted molar refractivity (Wildman–Crippen MR) is 36.0 cm³/mol. The van der Waals surface area contributed by atoms with Gasteiger partial charge in [0.15, 0.2) is 0 Å². The van der Waals surface area contributed by atoms with Crippen LogP contribution in [0.5, 0.6) is 0 Å². The molecule has 0 fully saturated rings. The summed E-state index contributed by atoms with van der Waals surface area (Å²) in [6.07, 6.45) is 2.51. The van der Waals surface area contributed by atoms with Crippen molar-refractivity contribution in [3.63, 3.8) is 0 Å². The van der Waals surface area contributed by atoms with Crippen molar-refractivity contribution in [1.29, 1.82) is 5.26 Å². The highest BCUT2D eigenvalue weighted by Crippen LogP contribution is 1.93. The van der Waals surface area contributed by atoms with E-state index in [4.69, 9.17) is 5.26 Å². The van der Waals surface area contributed by atoms with E-state index in [2.05, 4.69) is 4.74 Å². The Hall–Kier alpha value is -1.30. The summed E-state index contributed by atoms with van der Waals surface area (Å²) >= 11 is 0. The van der Waals surface area contributed by atoms with Gasteiger partial charge in [0, 0.05) is 0 Å². The fourth-order valence-electron chi connectivity index (χ4n) is 0.507. The van der Waals surface area contributed by atoms with Crippen LogP contribution in [0.3, 0.4) is 0 Å².